The summed E-state index contributed by atoms with van der Waals surface area (Å²) in [5.74, 6) is 0. The number of halogens is 2. The maximum atomic E-state index is 6.24. The summed E-state index contributed by atoms with van der Waals surface area (Å²) in [5, 5.41) is 0. The zero-order valence-electron chi connectivity index (χ0n) is 9.32. The second kappa shape index (κ2) is 5.29. The molecular weight excluding hydrogens is 344 g/mol. The zero-order chi connectivity index (χ0) is 12.4. The molecule has 1 heterocycles. The Morgan fingerprint density at radius 1 is 1.00 bits per heavy atom. The van der Waals surface area contributed by atoms with Crippen LogP contribution in [-0.4, -0.2) is 4.98 Å². The van der Waals surface area contributed by atoms with Crippen LogP contribution in [-0.2, 0) is 0 Å². The fourth-order valence-corrected chi connectivity index (χ4v) is 3.02. The van der Waals surface area contributed by atoms with Crippen molar-refractivity contribution in [2.75, 3.05) is 0 Å². The second-order valence-corrected chi connectivity index (χ2v) is 5.81. The van der Waals surface area contributed by atoms with Gasteiger partial charge in [0.15, 0.2) is 0 Å². The van der Waals surface area contributed by atoms with Crippen molar-refractivity contribution >= 4 is 31.9 Å². The number of benzene rings is 1. The summed E-state index contributed by atoms with van der Waals surface area (Å²) < 4.78 is 2.02. The highest BCUT2D eigenvalue weighted by molar-refractivity contribution is 9.11. The SMILES string of the molecule is Cc1cncc(C(N)c2cc(Br)cc(Br)c2)c1. The van der Waals surface area contributed by atoms with E-state index < -0.39 is 0 Å². The van der Waals surface area contributed by atoms with Crippen LogP contribution in [0.5, 0.6) is 0 Å². The Labute approximate surface area is 118 Å². The summed E-state index contributed by atoms with van der Waals surface area (Å²) in [6.45, 7) is 2.01. The third kappa shape index (κ3) is 3.15. The lowest BCUT2D eigenvalue weighted by Crippen LogP contribution is -2.12. The van der Waals surface area contributed by atoms with Crippen LogP contribution in [0, 0.1) is 6.92 Å². The molecule has 1 unspecified atom stereocenters. The molecule has 1 atom stereocenters. The van der Waals surface area contributed by atoms with Crippen molar-refractivity contribution in [1.82, 2.24) is 4.98 Å². The van der Waals surface area contributed by atoms with Crippen LogP contribution in [0.1, 0.15) is 22.7 Å². The molecule has 0 saturated heterocycles. The molecule has 2 N–H and O–H groups in total. The highest BCUT2D eigenvalue weighted by Gasteiger charge is 2.10. The predicted molar refractivity (Wildman–Crippen MR) is 76.8 cm³/mol. The summed E-state index contributed by atoms with van der Waals surface area (Å²) >= 11 is 6.93. The first-order valence-electron chi connectivity index (χ1n) is 5.19. The van der Waals surface area contributed by atoms with Gasteiger partial charge in [0.2, 0.25) is 0 Å². The normalized spacial score (nSPS) is 12.5. The summed E-state index contributed by atoms with van der Waals surface area (Å²) in [7, 11) is 0. The van der Waals surface area contributed by atoms with E-state index in [1.165, 1.54) is 0 Å². The molecular formula is C13H12Br2N2. The third-order valence-corrected chi connectivity index (χ3v) is 3.41. The second-order valence-electron chi connectivity index (χ2n) is 3.98. The van der Waals surface area contributed by atoms with Crippen LogP contribution < -0.4 is 5.73 Å². The number of nitrogens with zero attached hydrogens (tertiary/aromatic N) is 1. The Bertz CT molecular complexity index is 520. The van der Waals surface area contributed by atoms with Crippen molar-refractivity contribution in [3.8, 4) is 0 Å². The molecule has 2 aromatic rings. The van der Waals surface area contributed by atoms with E-state index in [-0.39, 0.29) is 6.04 Å². The van der Waals surface area contributed by atoms with Gasteiger partial charge in [-0.3, -0.25) is 4.98 Å². The molecule has 1 aromatic heterocycles. The Kier molecular flexibility index (Phi) is 3.97. The van der Waals surface area contributed by atoms with Gasteiger partial charge in [0.1, 0.15) is 0 Å². The molecule has 0 aliphatic heterocycles. The molecule has 0 amide bonds. The number of hydrogen-bond acceptors (Lipinski definition) is 2. The van der Waals surface area contributed by atoms with E-state index in [9.17, 15) is 0 Å². The molecule has 0 aliphatic rings. The van der Waals surface area contributed by atoms with Crippen LogP contribution in [0.3, 0.4) is 0 Å². The van der Waals surface area contributed by atoms with Crippen LogP contribution >= 0.6 is 31.9 Å². The van der Waals surface area contributed by atoms with E-state index in [0.717, 1.165) is 25.6 Å². The monoisotopic (exact) mass is 354 g/mol. The smallest absolute Gasteiger partial charge is 0.0567 e. The maximum Gasteiger partial charge on any atom is 0.0567 e. The van der Waals surface area contributed by atoms with Gasteiger partial charge in [-0.2, -0.15) is 0 Å². The molecule has 2 nitrogen and oxygen atoms in total. The lowest BCUT2D eigenvalue weighted by molar-refractivity contribution is 0.859. The van der Waals surface area contributed by atoms with Crippen LogP contribution in [0.4, 0.5) is 0 Å². The molecule has 17 heavy (non-hydrogen) atoms. The van der Waals surface area contributed by atoms with Gasteiger partial charge < -0.3 is 5.73 Å². The summed E-state index contributed by atoms with van der Waals surface area (Å²) in [6, 6.07) is 7.95. The van der Waals surface area contributed by atoms with Gasteiger partial charge in [-0.1, -0.05) is 37.9 Å². The molecule has 0 aliphatic carbocycles. The standard InChI is InChI=1S/C13H12Br2N2/c1-8-2-10(7-17-6-8)13(16)9-3-11(14)5-12(15)4-9/h2-7,13H,16H2,1H3. The molecule has 0 spiro atoms. The van der Waals surface area contributed by atoms with E-state index in [1.54, 1.807) is 0 Å². The van der Waals surface area contributed by atoms with Crippen LogP contribution in [0.25, 0.3) is 0 Å². The number of aryl methyl sites for hydroxylation is 1. The molecule has 2 rings (SSSR count). The van der Waals surface area contributed by atoms with Crippen molar-refractivity contribution in [2.45, 2.75) is 13.0 Å². The highest BCUT2D eigenvalue weighted by atomic mass is 79.9. The average molecular weight is 356 g/mol. The number of rotatable bonds is 2. The van der Waals surface area contributed by atoms with Crippen molar-refractivity contribution in [2.24, 2.45) is 5.73 Å². The van der Waals surface area contributed by atoms with Gasteiger partial charge in [-0.05, 0) is 41.8 Å². The average Bonchev–Trinajstić information content (AvgIpc) is 2.26. The van der Waals surface area contributed by atoms with Gasteiger partial charge in [-0.25, -0.2) is 0 Å². The topological polar surface area (TPSA) is 38.9 Å². The minimum absolute atomic E-state index is 0.156. The molecule has 0 saturated carbocycles. The highest BCUT2D eigenvalue weighted by Crippen LogP contribution is 2.26. The van der Waals surface area contributed by atoms with Crippen LogP contribution in [0.2, 0.25) is 0 Å². The van der Waals surface area contributed by atoms with Crippen molar-refractivity contribution in [3.05, 3.63) is 62.3 Å². The van der Waals surface area contributed by atoms with E-state index >= 15 is 0 Å². The van der Waals surface area contributed by atoms with Crippen molar-refractivity contribution in [3.63, 3.8) is 0 Å². The molecule has 0 radical (unpaired) electrons. The first kappa shape index (κ1) is 12.7. The summed E-state index contributed by atoms with van der Waals surface area (Å²) in [5.41, 5.74) is 9.44. The lowest BCUT2D eigenvalue weighted by atomic mass is 10.0. The van der Waals surface area contributed by atoms with E-state index in [0.29, 0.717) is 0 Å². The zero-order valence-corrected chi connectivity index (χ0v) is 12.5. The molecule has 0 bridgehead atoms. The van der Waals surface area contributed by atoms with E-state index in [4.69, 9.17) is 5.73 Å². The first-order chi connectivity index (χ1) is 8.06. The number of pyridine rings is 1. The molecule has 1 aromatic carbocycles. The fourth-order valence-electron chi connectivity index (χ4n) is 1.70. The van der Waals surface area contributed by atoms with Crippen molar-refractivity contribution < 1.29 is 0 Å². The minimum atomic E-state index is -0.156. The Morgan fingerprint density at radius 2 is 1.65 bits per heavy atom. The van der Waals surface area contributed by atoms with Gasteiger partial charge in [0, 0.05) is 21.3 Å². The van der Waals surface area contributed by atoms with Gasteiger partial charge in [0.05, 0.1) is 6.04 Å². The number of hydrogen-bond donors (Lipinski definition) is 1. The Hall–Kier alpha value is -0.710. The van der Waals surface area contributed by atoms with E-state index in [2.05, 4.69) is 42.9 Å². The first-order valence-corrected chi connectivity index (χ1v) is 6.78. The summed E-state index contributed by atoms with van der Waals surface area (Å²) in [4.78, 5) is 4.17. The Morgan fingerprint density at radius 3 is 2.24 bits per heavy atom. The van der Waals surface area contributed by atoms with Gasteiger partial charge in [0.25, 0.3) is 0 Å². The maximum absolute atomic E-state index is 6.24. The third-order valence-electron chi connectivity index (χ3n) is 2.50. The molecule has 4 heteroatoms. The molecule has 88 valence electrons. The largest absolute Gasteiger partial charge is 0.320 e. The molecule has 0 fully saturated rings. The van der Waals surface area contributed by atoms with Gasteiger partial charge >= 0.3 is 0 Å². The van der Waals surface area contributed by atoms with E-state index in [1.807, 2.05) is 37.5 Å². The predicted octanol–water partition coefficient (Wildman–Crippen LogP) is 3.96. The van der Waals surface area contributed by atoms with Gasteiger partial charge in [-0.15, -0.1) is 0 Å². The fraction of sp³-hybridized carbons (Fsp3) is 0.154. The number of nitrogens with two attached hydrogens (primary N) is 1. The number of aromatic nitrogens is 1. The summed E-state index contributed by atoms with van der Waals surface area (Å²) in [6.07, 6.45) is 3.64. The van der Waals surface area contributed by atoms with Crippen molar-refractivity contribution in [1.29, 1.82) is 0 Å². The quantitative estimate of drug-likeness (QED) is 0.885. The minimum Gasteiger partial charge on any atom is -0.320 e. The Balaban J connectivity index is 2.39. The lowest BCUT2D eigenvalue weighted by Gasteiger charge is -2.13. The van der Waals surface area contributed by atoms with Crippen LogP contribution in [0.15, 0.2) is 45.6 Å².